The second-order valence-electron chi connectivity index (χ2n) is 7.49. The Hall–Kier alpha value is -4.25. The lowest BCUT2D eigenvalue weighted by atomic mass is 10.0. The molecule has 0 radical (unpaired) electrons. The van der Waals surface area contributed by atoms with E-state index in [0.29, 0.717) is 37.0 Å². The van der Waals surface area contributed by atoms with Crippen molar-refractivity contribution in [2.75, 3.05) is 20.8 Å². The van der Waals surface area contributed by atoms with Gasteiger partial charge in [-0.05, 0) is 42.3 Å². The Morgan fingerprint density at radius 3 is 2.85 bits per heavy atom. The molecule has 1 aliphatic heterocycles. The molecule has 166 valence electrons. The molecule has 0 fully saturated rings. The summed E-state index contributed by atoms with van der Waals surface area (Å²) < 4.78 is 11.2. The van der Waals surface area contributed by atoms with E-state index in [1.54, 1.807) is 61.8 Å². The van der Waals surface area contributed by atoms with Gasteiger partial charge in [0.1, 0.15) is 5.69 Å². The van der Waals surface area contributed by atoms with Crippen molar-refractivity contribution in [3.63, 3.8) is 0 Å². The summed E-state index contributed by atoms with van der Waals surface area (Å²) in [6, 6.07) is 12.8. The van der Waals surface area contributed by atoms with Crippen molar-refractivity contribution in [2.24, 2.45) is 4.99 Å². The quantitative estimate of drug-likeness (QED) is 0.555. The van der Waals surface area contributed by atoms with Gasteiger partial charge < -0.3 is 14.4 Å². The predicted octanol–water partition coefficient (Wildman–Crippen LogP) is 3.63. The smallest absolute Gasteiger partial charge is 0.272 e. The second kappa shape index (κ2) is 9.49. The summed E-state index contributed by atoms with van der Waals surface area (Å²) in [5, 5.41) is 9.21. The maximum Gasteiger partial charge on any atom is 0.272 e. The van der Waals surface area contributed by atoms with E-state index in [9.17, 15) is 10.1 Å². The highest BCUT2D eigenvalue weighted by Crippen LogP contribution is 2.31. The molecule has 8 nitrogen and oxygen atoms in total. The molecular weight excluding hydrogens is 418 g/mol. The Labute approximate surface area is 192 Å². The summed E-state index contributed by atoms with van der Waals surface area (Å²) in [6.07, 6.45) is 3.51. The van der Waals surface area contributed by atoms with E-state index in [2.05, 4.69) is 21.0 Å². The zero-order valence-corrected chi connectivity index (χ0v) is 18.7. The van der Waals surface area contributed by atoms with E-state index in [-0.39, 0.29) is 11.6 Å². The Kier molecular flexibility index (Phi) is 6.31. The summed E-state index contributed by atoms with van der Waals surface area (Å²) in [4.78, 5) is 28.0. The largest absolute Gasteiger partial charge is 0.481 e. The van der Waals surface area contributed by atoms with Gasteiger partial charge in [-0.15, -0.1) is 0 Å². The van der Waals surface area contributed by atoms with Crippen LogP contribution in [0.5, 0.6) is 11.8 Å². The fourth-order valence-corrected chi connectivity index (χ4v) is 3.75. The monoisotopic (exact) mass is 441 g/mol. The number of fused-ring (bicyclic) bond motifs is 1. The molecule has 4 rings (SSSR count). The van der Waals surface area contributed by atoms with E-state index in [1.165, 1.54) is 0 Å². The highest BCUT2D eigenvalue weighted by molar-refractivity contribution is 5.93. The number of carbonyl (C=O) groups excluding carboxylic acids is 1. The van der Waals surface area contributed by atoms with Crippen LogP contribution in [0.3, 0.4) is 0 Å². The predicted molar refractivity (Wildman–Crippen MR) is 123 cm³/mol. The Balaban J connectivity index is 1.63. The van der Waals surface area contributed by atoms with Crippen molar-refractivity contribution in [1.29, 1.82) is 5.26 Å². The van der Waals surface area contributed by atoms with E-state index < -0.39 is 0 Å². The zero-order valence-electron chi connectivity index (χ0n) is 18.7. The molecule has 0 bridgehead atoms. The van der Waals surface area contributed by atoms with Gasteiger partial charge in [-0.25, -0.2) is 9.97 Å². The molecule has 3 heterocycles. The molecule has 0 saturated carbocycles. The SMILES string of the molecule is CCOc1nc(C(=O)N(C)Cc2c(OC)ncc3c2CN=C3)ccc1-c1cccc(C#N)c1. The first-order valence-corrected chi connectivity index (χ1v) is 10.5. The van der Waals surface area contributed by atoms with Gasteiger partial charge in [0.15, 0.2) is 0 Å². The molecule has 1 aromatic carbocycles. The van der Waals surface area contributed by atoms with Crippen molar-refractivity contribution in [3.8, 4) is 29.0 Å². The first-order valence-electron chi connectivity index (χ1n) is 10.5. The van der Waals surface area contributed by atoms with Gasteiger partial charge >= 0.3 is 0 Å². The van der Waals surface area contributed by atoms with Gasteiger partial charge in [-0.3, -0.25) is 9.79 Å². The van der Waals surface area contributed by atoms with Crippen molar-refractivity contribution in [3.05, 3.63) is 70.5 Å². The van der Waals surface area contributed by atoms with Crippen LogP contribution in [0.4, 0.5) is 0 Å². The molecule has 1 aliphatic rings. The molecule has 0 saturated heterocycles. The number of hydrogen-bond acceptors (Lipinski definition) is 7. The first kappa shape index (κ1) is 22.0. The number of pyridine rings is 2. The second-order valence-corrected chi connectivity index (χ2v) is 7.49. The molecule has 0 spiro atoms. The molecule has 1 amide bonds. The van der Waals surface area contributed by atoms with E-state index in [1.807, 2.05) is 13.0 Å². The third kappa shape index (κ3) is 4.39. The van der Waals surface area contributed by atoms with Crippen LogP contribution in [0.1, 0.15) is 39.7 Å². The highest BCUT2D eigenvalue weighted by Gasteiger charge is 2.23. The number of ether oxygens (including phenoxy) is 2. The minimum atomic E-state index is -0.258. The molecule has 0 unspecified atom stereocenters. The lowest BCUT2D eigenvalue weighted by molar-refractivity contribution is 0.0776. The lowest BCUT2D eigenvalue weighted by Crippen LogP contribution is -2.28. The Morgan fingerprint density at radius 1 is 1.24 bits per heavy atom. The number of nitrogens with zero attached hydrogens (tertiary/aromatic N) is 5. The third-order valence-corrected chi connectivity index (χ3v) is 5.37. The lowest BCUT2D eigenvalue weighted by Gasteiger charge is -2.20. The van der Waals surface area contributed by atoms with Crippen molar-refractivity contribution in [1.82, 2.24) is 14.9 Å². The number of aromatic nitrogens is 2. The van der Waals surface area contributed by atoms with Gasteiger partial charge in [-0.1, -0.05) is 12.1 Å². The average Bonchev–Trinajstić information content (AvgIpc) is 3.33. The maximum absolute atomic E-state index is 13.2. The van der Waals surface area contributed by atoms with Crippen LogP contribution in [0.2, 0.25) is 0 Å². The van der Waals surface area contributed by atoms with Crippen LogP contribution < -0.4 is 9.47 Å². The molecule has 3 aromatic rings. The normalized spacial score (nSPS) is 11.6. The van der Waals surface area contributed by atoms with Crippen LogP contribution >= 0.6 is 0 Å². The summed E-state index contributed by atoms with van der Waals surface area (Å²) >= 11 is 0. The standard InChI is InChI=1S/C25H23N5O3/c1-4-33-24-19(17-7-5-6-16(10-17)11-26)8-9-22(29-24)25(31)30(2)15-21-20-14-27-12-18(20)13-28-23(21)32-3/h5-10,12-13H,4,14-15H2,1-3H3. The van der Waals surface area contributed by atoms with Crippen molar-refractivity contribution >= 4 is 12.1 Å². The minimum absolute atomic E-state index is 0.258. The summed E-state index contributed by atoms with van der Waals surface area (Å²) in [5.41, 5.74) is 5.10. The minimum Gasteiger partial charge on any atom is -0.481 e. The van der Waals surface area contributed by atoms with Crippen molar-refractivity contribution < 1.29 is 14.3 Å². The van der Waals surface area contributed by atoms with Gasteiger partial charge in [0, 0.05) is 36.1 Å². The molecule has 0 N–H and O–H groups in total. The van der Waals surface area contributed by atoms with Gasteiger partial charge in [-0.2, -0.15) is 5.26 Å². The molecule has 8 heteroatoms. The highest BCUT2D eigenvalue weighted by atomic mass is 16.5. The summed E-state index contributed by atoms with van der Waals surface area (Å²) in [7, 11) is 3.27. The number of hydrogen-bond donors (Lipinski definition) is 0. The number of rotatable bonds is 7. The topological polar surface area (TPSA) is 101 Å². The van der Waals surface area contributed by atoms with Crippen LogP contribution in [-0.2, 0) is 13.1 Å². The number of benzene rings is 1. The van der Waals surface area contributed by atoms with Crippen molar-refractivity contribution in [2.45, 2.75) is 20.0 Å². The number of methoxy groups -OCH3 is 1. The van der Waals surface area contributed by atoms with Crippen LogP contribution in [-0.4, -0.2) is 47.8 Å². The maximum atomic E-state index is 13.2. The molecule has 2 aromatic heterocycles. The molecule has 0 aliphatic carbocycles. The molecule has 33 heavy (non-hydrogen) atoms. The fraction of sp³-hybridized carbons (Fsp3) is 0.240. The average molecular weight is 441 g/mol. The number of aliphatic imine (C=N–C) groups is 1. The van der Waals surface area contributed by atoms with Crippen LogP contribution in [0, 0.1) is 11.3 Å². The fourth-order valence-electron chi connectivity index (χ4n) is 3.75. The summed E-state index contributed by atoms with van der Waals surface area (Å²) in [6.45, 7) is 3.09. The third-order valence-electron chi connectivity index (χ3n) is 5.37. The number of nitriles is 1. The van der Waals surface area contributed by atoms with Crippen LogP contribution in [0.15, 0.2) is 47.6 Å². The van der Waals surface area contributed by atoms with E-state index >= 15 is 0 Å². The van der Waals surface area contributed by atoms with Gasteiger partial charge in [0.2, 0.25) is 11.8 Å². The van der Waals surface area contributed by atoms with Gasteiger partial charge in [0.05, 0.1) is 38.4 Å². The summed E-state index contributed by atoms with van der Waals surface area (Å²) in [5.74, 6) is 0.571. The van der Waals surface area contributed by atoms with Crippen LogP contribution in [0.25, 0.3) is 11.1 Å². The first-order chi connectivity index (χ1) is 16.0. The Morgan fingerprint density at radius 2 is 2.09 bits per heavy atom. The van der Waals surface area contributed by atoms with E-state index in [4.69, 9.17) is 9.47 Å². The zero-order chi connectivity index (χ0) is 23.4. The molecule has 0 atom stereocenters. The van der Waals surface area contributed by atoms with Gasteiger partial charge in [0.25, 0.3) is 5.91 Å². The van der Waals surface area contributed by atoms with E-state index in [0.717, 1.165) is 27.8 Å². The molecular formula is C25H23N5O3. The number of carbonyl (C=O) groups is 1. The Bertz CT molecular complexity index is 1280. The number of amides is 1.